The number of piperidine rings is 1. The van der Waals surface area contributed by atoms with Gasteiger partial charge in [0.25, 0.3) is 0 Å². The minimum absolute atomic E-state index is 0.0703. The Labute approximate surface area is 182 Å². The third-order valence-corrected chi connectivity index (χ3v) is 6.41. The van der Waals surface area contributed by atoms with E-state index in [1.165, 1.54) is 0 Å². The predicted molar refractivity (Wildman–Crippen MR) is 118 cm³/mol. The molecular formula is C23H26Cl2N2O2. The molecule has 0 saturated carbocycles. The summed E-state index contributed by atoms with van der Waals surface area (Å²) in [5.41, 5.74) is 1.58. The third kappa shape index (κ3) is 5.00. The van der Waals surface area contributed by atoms with Crippen LogP contribution in [0.4, 0.5) is 0 Å². The van der Waals surface area contributed by atoms with E-state index in [0.29, 0.717) is 41.5 Å². The maximum Gasteiger partial charge on any atom is 0.244 e. The Bertz CT molecular complexity index is 864. The van der Waals surface area contributed by atoms with Gasteiger partial charge in [-0.3, -0.25) is 14.5 Å². The molecule has 0 N–H and O–H groups in total. The average Bonchev–Trinajstić information content (AvgIpc) is 2.76. The first-order chi connectivity index (χ1) is 13.9. The van der Waals surface area contributed by atoms with Crippen molar-refractivity contribution in [1.82, 2.24) is 9.80 Å². The van der Waals surface area contributed by atoms with Gasteiger partial charge in [0, 0.05) is 24.6 Å². The largest absolute Gasteiger partial charge is 0.341 e. The number of rotatable bonds is 6. The normalized spacial score (nSPS) is 16.1. The van der Waals surface area contributed by atoms with Gasteiger partial charge in [0.15, 0.2) is 5.78 Å². The zero-order valence-electron chi connectivity index (χ0n) is 16.8. The van der Waals surface area contributed by atoms with Crippen LogP contribution in [0.15, 0.2) is 48.5 Å². The van der Waals surface area contributed by atoms with E-state index in [0.717, 1.165) is 12.1 Å². The molecule has 1 saturated heterocycles. The first-order valence-electron chi connectivity index (χ1n) is 9.95. The highest BCUT2D eigenvalue weighted by Crippen LogP contribution is 2.29. The number of amides is 1. The number of ketones is 1. The molecule has 2 aromatic rings. The quantitative estimate of drug-likeness (QED) is 0.595. The lowest BCUT2D eigenvalue weighted by Crippen LogP contribution is -2.46. The number of benzene rings is 2. The fourth-order valence-electron chi connectivity index (χ4n) is 3.82. The van der Waals surface area contributed by atoms with E-state index in [9.17, 15) is 9.59 Å². The second kappa shape index (κ2) is 9.75. The molecule has 1 aliphatic heterocycles. The summed E-state index contributed by atoms with van der Waals surface area (Å²) in [6.07, 6.45) is 1.31. The van der Waals surface area contributed by atoms with Crippen molar-refractivity contribution < 1.29 is 9.59 Å². The molecule has 1 fully saturated rings. The number of hydrogen-bond donors (Lipinski definition) is 0. The zero-order chi connectivity index (χ0) is 21.0. The van der Waals surface area contributed by atoms with E-state index in [2.05, 4.69) is 4.90 Å². The van der Waals surface area contributed by atoms with Crippen LogP contribution in [0.2, 0.25) is 10.0 Å². The predicted octanol–water partition coefficient (Wildman–Crippen LogP) is 5.11. The van der Waals surface area contributed by atoms with Crippen molar-refractivity contribution in [2.45, 2.75) is 25.8 Å². The van der Waals surface area contributed by atoms with Gasteiger partial charge in [-0.1, -0.05) is 60.5 Å². The highest BCUT2D eigenvalue weighted by Gasteiger charge is 2.33. The summed E-state index contributed by atoms with van der Waals surface area (Å²) in [6, 6.07) is 14.6. The van der Waals surface area contributed by atoms with Crippen LogP contribution in [0, 0.1) is 5.92 Å². The van der Waals surface area contributed by atoms with Crippen molar-refractivity contribution in [3.8, 4) is 0 Å². The lowest BCUT2D eigenvalue weighted by molar-refractivity contribution is -0.138. The molecule has 1 amide bonds. The van der Waals surface area contributed by atoms with Crippen LogP contribution in [0.3, 0.4) is 0 Å². The van der Waals surface area contributed by atoms with Crippen LogP contribution in [-0.2, 0) is 4.79 Å². The molecule has 0 bridgehead atoms. The van der Waals surface area contributed by atoms with E-state index in [1.54, 1.807) is 18.2 Å². The van der Waals surface area contributed by atoms with E-state index in [1.807, 2.05) is 49.2 Å². The Kier molecular flexibility index (Phi) is 7.33. The van der Waals surface area contributed by atoms with Crippen molar-refractivity contribution in [1.29, 1.82) is 0 Å². The second-order valence-electron chi connectivity index (χ2n) is 7.48. The summed E-state index contributed by atoms with van der Waals surface area (Å²) in [7, 11) is 1.97. The summed E-state index contributed by atoms with van der Waals surface area (Å²) in [4.78, 5) is 30.1. The maximum absolute atomic E-state index is 13.3. The fourth-order valence-corrected chi connectivity index (χ4v) is 4.12. The van der Waals surface area contributed by atoms with Crippen LogP contribution >= 0.6 is 23.2 Å². The topological polar surface area (TPSA) is 40.6 Å². The highest BCUT2D eigenvalue weighted by molar-refractivity contribution is 6.42. The molecule has 1 heterocycles. The minimum Gasteiger partial charge on any atom is -0.341 e. The van der Waals surface area contributed by atoms with E-state index in [4.69, 9.17) is 23.2 Å². The van der Waals surface area contributed by atoms with Gasteiger partial charge in [-0.15, -0.1) is 0 Å². The standard InChI is InChI=1S/C23H26Cl2N2O2/c1-3-26(2)21(16-7-5-4-6-8-16)23(29)27-13-11-17(12-14-27)22(28)18-9-10-19(24)20(25)15-18/h4-10,15,17,21H,3,11-14H2,1-2H3. The van der Waals surface area contributed by atoms with Gasteiger partial charge in [-0.05, 0) is 50.2 Å². The highest BCUT2D eigenvalue weighted by atomic mass is 35.5. The molecule has 0 aromatic heterocycles. The van der Waals surface area contributed by atoms with Crippen molar-refractivity contribution in [3.05, 3.63) is 69.7 Å². The minimum atomic E-state index is -0.302. The van der Waals surface area contributed by atoms with Gasteiger partial charge in [0.05, 0.1) is 10.0 Å². The molecule has 0 aliphatic carbocycles. The number of nitrogens with zero attached hydrogens (tertiary/aromatic N) is 2. The smallest absolute Gasteiger partial charge is 0.244 e. The monoisotopic (exact) mass is 432 g/mol. The van der Waals surface area contributed by atoms with Crippen molar-refractivity contribution in [2.75, 3.05) is 26.7 Å². The summed E-state index contributed by atoms with van der Waals surface area (Å²) < 4.78 is 0. The molecule has 0 spiro atoms. The van der Waals surface area contributed by atoms with Gasteiger partial charge in [0.2, 0.25) is 5.91 Å². The van der Waals surface area contributed by atoms with Gasteiger partial charge in [0.1, 0.15) is 6.04 Å². The van der Waals surface area contributed by atoms with Crippen molar-refractivity contribution >= 4 is 34.9 Å². The van der Waals surface area contributed by atoms with Crippen LogP contribution in [0.1, 0.15) is 41.7 Å². The number of likely N-dealkylation sites (tertiary alicyclic amines) is 1. The molecule has 1 aliphatic rings. The maximum atomic E-state index is 13.3. The van der Waals surface area contributed by atoms with Crippen LogP contribution in [0.25, 0.3) is 0 Å². The van der Waals surface area contributed by atoms with Gasteiger partial charge < -0.3 is 4.90 Å². The molecule has 6 heteroatoms. The van der Waals surface area contributed by atoms with Crippen LogP contribution < -0.4 is 0 Å². The van der Waals surface area contributed by atoms with E-state index in [-0.39, 0.29) is 23.7 Å². The molecule has 154 valence electrons. The molecule has 29 heavy (non-hydrogen) atoms. The third-order valence-electron chi connectivity index (χ3n) is 5.67. The molecule has 2 aromatic carbocycles. The van der Waals surface area contributed by atoms with Crippen LogP contribution in [0.5, 0.6) is 0 Å². The fraction of sp³-hybridized carbons (Fsp3) is 0.391. The lowest BCUT2D eigenvalue weighted by atomic mass is 9.88. The van der Waals surface area contributed by atoms with E-state index >= 15 is 0 Å². The Hall–Kier alpha value is -1.88. The molecular weight excluding hydrogens is 407 g/mol. The molecule has 4 nitrogen and oxygen atoms in total. The number of carbonyl (C=O) groups is 2. The Morgan fingerprint density at radius 3 is 2.31 bits per heavy atom. The average molecular weight is 433 g/mol. The van der Waals surface area contributed by atoms with Gasteiger partial charge in [-0.25, -0.2) is 0 Å². The van der Waals surface area contributed by atoms with Crippen molar-refractivity contribution in [3.63, 3.8) is 0 Å². The van der Waals surface area contributed by atoms with Crippen molar-refractivity contribution in [2.24, 2.45) is 5.92 Å². The van der Waals surface area contributed by atoms with Crippen LogP contribution in [-0.4, -0.2) is 48.2 Å². The first-order valence-corrected chi connectivity index (χ1v) is 10.7. The molecule has 1 atom stereocenters. The molecule has 3 rings (SSSR count). The zero-order valence-corrected chi connectivity index (χ0v) is 18.3. The number of hydrogen-bond acceptors (Lipinski definition) is 3. The Morgan fingerprint density at radius 2 is 1.72 bits per heavy atom. The van der Waals surface area contributed by atoms with E-state index < -0.39 is 0 Å². The number of Topliss-reactive ketones (excluding diaryl/α,β-unsaturated/α-hetero) is 1. The second-order valence-corrected chi connectivity index (χ2v) is 8.29. The van der Waals surface area contributed by atoms with Gasteiger partial charge >= 0.3 is 0 Å². The Balaban J connectivity index is 1.68. The summed E-state index contributed by atoms with van der Waals surface area (Å²) in [5, 5.41) is 0.828. The summed E-state index contributed by atoms with van der Waals surface area (Å²) in [6.45, 7) is 3.98. The SMILES string of the molecule is CCN(C)C(C(=O)N1CCC(C(=O)c2ccc(Cl)c(Cl)c2)CC1)c1ccccc1. The molecule has 0 radical (unpaired) electrons. The van der Waals surface area contributed by atoms with Gasteiger partial charge in [-0.2, -0.15) is 0 Å². The number of likely N-dealkylation sites (N-methyl/N-ethyl adjacent to an activating group) is 1. The summed E-state index contributed by atoms with van der Waals surface area (Å²) >= 11 is 12.0. The first kappa shape index (κ1) is 21.8. The lowest BCUT2D eigenvalue weighted by Gasteiger charge is -2.36. The summed E-state index contributed by atoms with van der Waals surface area (Å²) in [5.74, 6) is 0.0670. The number of halogens is 2. The number of carbonyl (C=O) groups excluding carboxylic acids is 2. The Morgan fingerprint density at radius 1 is 1.07 bits per heavy atom. The molecule has 1 unspecified atom stereocenters.